The van der Waals surface area contributed by atoms with E-state index < -0.39 is 0 Å². The van der Waals surface area contributed by atoms with Crippen LogP contribution in [-0.4, -0.2) is 66.6 Å². The number of anilines is 1. The first-order chi connectivity index (χ1) is 18.1. The van der Waals surface area contributed by atoms with Crippen molar-refractivity contribution in [2.75, 3.05) is 45.9 Å². The molecule has 5 heterocycles. The molecular weight excluding hydrogens is 474 g/mol. The maximum atomic E-state index is 6.35. The van der Waals surface area contributed by atoms with Crippen molar-refractivity contribution in [1.29, 1.82) is 0 Å². The van der Waals surface area contributed by atoms with E-state index in [9.17, 15) is 0 Å². The van der Waals surface area contributed by atoms with Crippen molar-refractivity contribution in [3.63, 3.8) is 0 Å². The molecule has 0 spiro atoms. The summed E-state index contributed by atoms with van der Waals surface area (Å²) in [6.45, 7) is 4.61. The zero-order valence-electron chi connectivity index (χ0n) is 21.3. The molecule has 37 heavy (non-hydrogen) atoms. The summed E-state index contributed by atoms with van der Waals surface area (Å²) in [6.07, 6.45) is 3.69. The Balaban J connectivity index is 1.23. The van der Waals surface area contributed by atoms with Crippen LogP contribution in [0.15, 0.2) is 42.9 Å². The summed E-state index contributed by atoms with van der Waals surface area (Å²) in [5.74, 6) is 2.41. The quantitative estimate of drug-likeness (QED) is 0.375. The van der Waals surface area contributed by atoms with Gasteiger partial charge in [0.15, 0.2) is 23.3 Å². The number of pyridine rings is 2. The number of fused-ring (bicyclic) bond motifs is 2. The molecule has 10 heteroatoms. The summed E-state index contributed by atoms with van der Waals surface area (Å²) in [6, 6.07) is 9.81. The number of ether oxygens (including phenoxy) is 5. The zero-order chi connectivity index (χ0) is 25.5. The highest BCUT2D eigenvalue weighted by atomic mass is 16.6. The Kier molecular flexibility index (Phi) is 5.96. The third kappa shape index (κ3) is 4.27. The van der Waals surface area contributed by atoms with Crippen molar-refractivity contribution in [3.05, 3.63) is 59.7 Å². The van der Waals surface area contributed by atoms with Gasteiger partial charge in [-0.25, -0.2) is 15.0 Å². The molecule has 3 aromatic heterocycles. The second-order valence-electron chi connectivity index (χ2n) is 9.24. The highest BCUT2D eigenvalue weighted by Gasteiger charge is 2.29. The average molecular weight is 504 g/mol. The number of aryl methyl sites for hydroxylation is 1. The number of rotatable bonds is 7. The SMILES string of the molecule is COc1ccc(C2COc3cc(Cn4cnc5cc(N6CC(OC)C6)cnc54)cc(OC)c3O2)c(C)n1. The van der Waals surface area contributed by atoms with Gasteiger partial charge in [-0.1, -0.05) is 0 Å². The van der Waals surface area contributed by atoms with Gasteiger partial charge in [-0.05, 0) is 36.8 Å². The molecule has 2 aliphatic heterocycles. The van der Waals surface area contributed by atoms with E-state index in [1.807, 2.05) is 48.3 Å². The van der Waals surface area contributed by atoms with Crippen LogP contribution in [0, 0.1) is 6.92 Å². The largest absolute Gasteiger partial charge is 0.493 e. The lowest BCUT2D eigenvalue weighted by atomic mass is 10.1. The van der Waals surface area contributed by atoms with Crippen molar-refractivity contribution >= 4 is 16.9 Å². The fourth-order valence-corrected chi connectivity index (χ4v) is 4.82. The third-order valence-corrected chi connectivity index (χ3v) is 6.95. The van der Waals surface area contributed by atoms with Crippen LogP contribution < -0.4 is 23.8 Å². The average Bonchev–Trinajstić information content (AvgIpc) is 3.29. The van der Waals surface area contributed by atoms with E-state index in [2.05, 4.69) is 20.9 Å². The summed E-state index contributed by atoms with van der Waals surface area (Å²) >= 11 is 0. The summed E-state index contributed by atoms with van der Waals surface area (Å²) in [5, 5.41) is 0. The van der Waals surface area contributed by atoms with E-state index in [-0.39, 0.29) is 12.2 Å². The Morgan fingerprint density at radius 3 is 2.68 bits per heavy atom. The molecule has 1 saturated heterocycles. The predicted octanol–water partition coefficient (Wildman–Crippen LogP) is 3.55. The van der Waals surface area contributed by atoms with E-state index in [1.165, 1.54) is 0 Å². The van der Waals surface area contributed by atoms with E-state index in [4.69, 9.17) is 28.7 Å². The highest BCUT2D eigenvalue weighted by molar-refractivity contribution is 5.75. The van der Waals surface area contributed by atoms with Gasteiger partial charge in [0.1, 0.15) is 12.1 Å². The summed E-state index contributed by atoms with van der Waals surface area (Å²) in [7, 11) is 4.98. The van der Waals surface area contributed by atoms with Gasteiger partial charge in [-0.15, -0.1) is 0 Å². The van der Waals surface area contributed by atoms with Crippen molar-refractivity contribution in [2.24, 2.45) is 0 Å². The van der Waals surface area contributed by atoms with Gasteiger partial charge in [0.05, 0.1) is 45.1 Å². The second kappa shape index (κ2) is 9.44. The minimum absolute atomic E-state index is 0.283. The molecule has 0 amide bonds. The number of benzene rings is 1. The fraction of sp³-hybridized carbons (Fsp3) is 0.370. The van der Waals surface area contributed by atoms with Gasteiger partial charge in [0, 0.05) is 37.5 Å². The monoisotopic (exact) mass is 503 g/mol. The van der Waals surface area contributed by atoms with E-state index in [0.717, 1.165) is 46.8 Å². The second-order valence-corrected chi connectivity index (χ2v) is 9.24. The summed E-state index contributed by atoms with van der Waals surface area (Å²) in [5.41, 5.74) is 5.52. The van der Waals surface area contributed by atoms with Crippen molar-refractivity contribution in [1.82, 2.24) is 19.5 Å². The molecule has 0 aliphatic carbocycles. The Labute approximate surface area is 214 Å². The molecule has 4 aromatic rings. The molecule has 6 rings (SSSR count). The summed E-state index contributed by atoms with van der Waals surface area (Å²) in [4.78, 5) is 16.0. The van der Waals surface area contributed by atoms with E-state index >= 15 is 0 Å². The number of aromatic nitrogens is 4. The maximum Gasteiger partial charge on any atom is 0.213 e. The van der Waals surface area contributed by atoms with E-state index in [0.29, 0.717) is 36.3 Å². The van der Waals surface area contributed by atoms with Gasteiger partial charge in [-0.2, -0.15) is 0 Å². The Morgan fingerprint density at radius 1 is 1.05 bits per heavy atom. The number of hydrogen-bond donors (Lipinski definition) is 0. The first-order valence-electron chi connectivity index (χ1n) is 12.2. The minimum Gasteiger partial charge on any atom is -0.493 e. The van der Waals surface area contributed by atoms with Crippen LogP contribution in [0.3, 0.4) is 0 Å². The lowest BCUT2D eigenvalue weighted by Gasteiger charge is -2.39. The molecule has 10 nitrogen and oxygen atoms in total. The maximum absolute atomic E-state index is 6.35. The first-order valence-corrected chi connectivity index (χ1v) is 12.2. The van der Waals surface area contributed by atoms with Crippen LogP contribution in [0.25, 0.3) is 11.2 Å². The number of methoxy groups -OCH3 is 3. The molecular formula is C27H29N5O5. The van der Waals surface area contributed by atoms with Crippen LogP contribution in [0.2, 0.25) is 0 Å². The number of imidazole rings is 1. The Morgan fingerprint density at radius 2 is 1.92 bits per heavy atom. The molecule has 2 aliphatic rings. The Hall–Kier alpha value is -4.05. The predicted molar refractivity (Wildman–Crippen MR) is 137 cm³/mol. The topological polar surface area (TPSA) is 93.0 Å². The highest BCUT2D eigenvalue weighted by Crippen LogP contribution is 2.45. The van der Waals surface area contributed by atoms with Gasteiger partial charge in [-0.3, -0.25) is 0 Å². The lowest BCUT2D eigenvalue weighted by Crippen LogP contribution is -2.51. The lowest BCUT2D eigenvalue weighted by molar-refractivity contribution is 0.0787. The molecule has 1 unspecified atom stereocenters. The molecule has 0 bridgehead atoms. The minimum atomic E-state index is -0.299. The summed E-state index contributed by atoms with van der Waals surface area (Å²) < 4.78 is 30.8. The first kappa shape index (κ1) is 23.4. The van der Waals surface area contributed by atoms with Gasteiger partial charge < -0.3 is 33.2 Å². The molecule has 192 valence electrons. The fourth-order valence-electron chi connectivity index (χ4n) is 4.82. The Bertz CT molecular complexity index is 1430. The van der Waals surface area contributed by atoms with Crippen LogP contribution >= 0.6 is 0 Å². The van der Waals surface area contributed by atoms with Gasteiger partial charge in [0.2, 0.25) is 11.6 Å². The van der Waals surface area contributed by atoms with Gasteiger partial charge in [0.25, 0.3) is 0 Å². The van der Waals surface area contributed by atoms with Crippen LogP contribution in [0.4, 0.5) is 5.69 Å². The molecule has 1 atom stereocenters. The van der Waals surface area contributed by atoms with Crippen molar-refractivity contribution in [2.45, 2.75) is 25.7 Å². The van der Waals surface area contributed by atoms with Crippen molar-refractivity contribution < 1.29 is 23.7 Å². The van der Waals surface area contributed by atoms with Crippen LogP contribution in [0.5, 0.6) is 23.1 Å². The van der Waals surface area contributed by atoms with Gasteiger partial charge >= 0.3 is 0 Å². The zero-order valence-corrected chi connectivity index (χ0v) is 21.3. The number of hydrogen-bond acceptors (Lipinski definition) is 9. The standard InChI is InChI=1S/C27H29N5O5/c1-16-20(5-6-25(30-16)35-4)24-14-36-23-8-17(7-22(34-3)26(23)37-24)11-32-15-29-21-9-18(10-28-27(21)32)31-12-19(13-31)33-2/h5-10,15,19,24H,11-14H2,1-4H3. The van der Waals surface area contributed by atoms with E-state index in [1.54, 1.807) is 21.3 Å². The third-order valence-electron chi connectivity index (χ3n) is 6.95. The van der Waals surface area contributed by atoms with Crippen LogP contribution in [-0.2, 0) is 11.3 Å². The molecule has 1 aromatic carbocycles. The molecule has 1 fully saturated rings. The van der Waals surface area contributed by atoms with Crippen molar-refractivity contribution in [3.8, 4) is 23.1 Å². The smallest absolute Gasteiger partial charge is 0.213 e. The van der Waals surface area contributed by atoms with Crippen LogP contribution in [0.1, 0.15) is 22.9 Å². The normalized spacial score (nSPS) is 17.1. The molecule has 0 saturated carbocycles. The molecule has 0 N–H and O–H groups in total. The number of nitrogens with zero attached hydrogens (tertiary/aromatic N) is 5. The molecule has 0 radical (unpaired) electrons.